The minimum atomic E-state index is -4.48. The zero-order valence-electron chi connectivity index (χ0n) is 6.74. The lowest BCUT2D eigenvalue weighted by Crippen LogP contribution is -2.07. The second-order valence-corrected chi connectivity index (χ2v) is 2.69. The summed E-state index contributed by atoms with van der Waals surface area (Å²) in [5.41, 5.74) is 3.53. The normalized spacial score (nSPS) is 11.8. The standard InChI is InChI=1S/C8H7F4N/c1-4-2-5(8(10,11)12)3-6(13)7(4)9/h2-3H,13H2,1H3. The van der Waals surface area contributed by atoms with Crippen LogP contribution in [0.4, 0.5) is 23.2 Å². The third-order valence-electron chi connectivity index (χ3n) is 1.61. The SMILES string of the molecule is Cc1cc(C(F)(F)F)cc(N)c1F. The molecule has 0 fully saturated rings. The van der Waals surface area contributed by atoms with Crippen molar-refractivity contribution in [1.82, 2.24) is 0 Å². The topological polar surface area (TPSA) is 26.0 Å². The lowest BCUT2D eigenvalue weighted by atomic mass is 10.1. The van der Waals surface area contributed by atoms with E-state index in [-0.39, 0.29) is 5.56 Å². The summed E-state index contributed by atoms with van der Waals surface area (Å²) in [5, 5.41) is 0. The summed E-state index contributed by atoms with van der Waals surface area (Å²) in [6.07, 6.45) is -4.48. The minimum absolute atomic E-state index is 0.104. The van der Waals surface area contributed by atoms with Gasteiger partial charge in [-0.05, 0) is 24.6 Å². The summed E-state index contributed by atoms with van der Waals surface area (Å²) in [6, 6.07) is 1.31. The lowest BCUT2D eigenvalue weighted by Gasteiger charge is -2.09. The zero-order valence-corrected chi connectivity index (χ0v) is 6.74. The molecule has 1 nitrogen and oxygen atoms in total. The molecule has 1 rings (SSSR count). The van der Waals surface area contributed by atoms with Crippen molar-refractivity contribution in [2.45, 2.75) is 13.1 Å². The van der Waals surface area contributed by atoms with Crippen LogP contribution in [-0.4, -0.2) is 0 Å². The van der Waals surface area contributed by atoms with E-state index in [1.54, 1.807) is 0 Å². The Labute approximate surface area is 72.2 Å². The molecule has 2 N–H and O–H groups in total. The molecular formula is C8H7F4N. The van der Waals surface area contributed by atoms with Crippen LogP contribution in [0.2, 0.25) is 0 Å². The summed E-state index contributed by atoms with van der Waals surface area (Å²) in [4.78, 5) is 0. The van der Waals surface area contributed by atoms with Crippen molar-refractivity contribution in [2.75, 3.05) is 5.73 Å². The van der Waals surface area contributed by atoms with Gasteiger partial charge in [0.1, 0.15) is 5.82 Å². The maximum atomic E-state index is 12.8. The Hall–Kier alpha value is -1.26. The van der Waals surface area contributed by atoms with Crippen LogP contribution in [-0.2, 0) is 6.18 Å². The van der Waals surface area contributed by atoms with E-state index in [0.717, 1.165) is 6.07 Å². The van der Waals surface area contributed by atoms with Gasteiger partial charge in [0.15, 0.2) is 0 Å². The van der Waals surface area contributed by atoms with Crippen LogP contribution < -0.4 is 5.73 Å². The average molecular weight is 193 g/mol. The van der Waals surface area contributed by atoms with E-state index in [4.69, 9.17) is 5.73 Å². The van der Waals surface area contributed by atoms with Crippen molar-refractivity contribution in [3.8, 4) is 0 Å². The largest absolute Gasteiger partial charge is 0.416 e. The molecule has 1 aromatic rings. The number of nitrogen functional groups attached to an aromatic ring is 1. The molecule has 0 bridgehead atoms. The van der Waals surface area contributed by atoms with Crippen molar-refractivity contribution in [3.05, 3.63) is 29.1 Å². The van der Waals surface area contributed by atoms with Gasteiger partial charge in [-0.3, -0.25) is 0 Å². The van der Waals surface area contributed by atoms with E-state index in [2.05, 4.69) is 0 Å². The van der Waals surface area contributed by atoms with Crippen molar-refractivity contribution < 1.29 is 17.6 Å². The zero-order chi connectivity index (χ0) is 10.2. The molecule has 0 aromatic heterocycles. The van der Waals surface area contributed by atoms with Crippen molar-refractivity contribution in [3.63, 3.8) is 0 Å². The Morgan fingerprint density at radius 1 is 1.23 bits per heavy atom. The molecule has 0 heterocycles. The van der Waals surface area contributed by atoms with E-state index in [1.807, 2.05) is 0 Å². The van der Waals surface area contributed by atoms with Gasteiger partial charge in [0.2, 0.25) is 0 Å². The Morgan fingerprint density at radius 3 is 2.15 bits per heavy atom. The molecule has 0 unspecified atom stereocenters. The predicted molar refractivity (Wildman–Crippen MR) is 40.6 cm³/mol. The molecule has 72 valence electrons. The molecule has 0 saturated heterocycles. The number of aryl methyl sites for hydroxylation is 1. The highest BCUT2D eigenvalue weighted by molar-refractivity contribution is 5.46. The highest BCUT2D eigenvalue weighted by Crippen LogP contribution is 2.32. The summed E-state index contributed by atoms with van der Waals surface area (Å²) < 4.78 is 49.1. The molecular weight excluding hydrogens is 186 g/mol. The number of hydrogen-bond acceptors (Lipinski definition) is 1. The Bertz CT molecular complexity index is 306. The summed E-state index contributed by atoms with van der Waals surface area (Å²) in [5.74, 6) is -0.798. The number of rotatable bonds is 0. The van der Waals surface area contributed by atoms with Crippen LogP contribution in [0.15, 0.2) is 12.1 Å². The number of nitrogens with two attached hydrogens (primary N) is 1. The van der Waals surface area contributed by atoms with Gasteiger partial charge in [-0.15, -0.1) is 0 Å². The van der Waals surface area contributed by atoms with Crippen LogP contribution >= 0.6 is 0 Å². The monoisotopic (exact) mass is 193 g/mol. The third kappa shape index (κ3) is 1.91. The summed E-state index contributed by atoms with van der Waals surface area (Å²) in [7, 11) is 0. The third-order valence-corrected chi connectivity index (χ3v) is 1.61. The molecule has 5 heteroatoms. The molecule has 13 heavy (non-hydrogen) atoms. The van der Waals surface area contributed by atoms with Gasteiger partial charge in [-0.25, -0.2) is 4.39 Å². The van der Waals surface area contributed by atoms with Gasteiger partial charge < -0.3 is 5.73 Å². The molecule has 0 radical (unpaired) electrons. The van der Waals surface area contributed by atoms with E-state index in [0.29, 0.717) is 6.07 Å². The molecule has 1 aromatic carbocycles. The van der Waals surface area contributed by atoms with E-state index >= 15 is 0 Å². The van der Waals surface area contributed by atoms with Gasteiger partial charge in [0.05, 0.1) is 11.3 Å². The number of benzene rings is 1. The van der Waals surface area contributed by atoms with E-state index in [9.17, 15) is 17.6 Å². The second kappa shape index (κ2) is 2.90. The Kier molecular flexibility index (Phi) is 2.19. The molecule has 0 atom stereocenters. The molecule has 0 aliphatic carbocycles. The highest BCUT2D eigenvalue weighted by atomic mass is 19.4. The second-order valence-electron chi connectivity index (χ2n) is 2.69. The van der Waals surface area contributed by atoms with Crippen LogP contribution in [0.3, 0.4) is 0 Å². The minimum Gasteiger partial charge on any atom is -0.396 e. The molecule has 0 aliphatic rings. The number of anilines is 1. The lowest BCUT2D eigenvalue weighted by molar-refractivity contribution is -0.137. The summed E-state index contributed by atoms with van der Waals surface area (Å²) in [6.45, 7) is 1.24. The molecule has 0 amide bonds. The summed E-state index contributed by atoms with van der Waals surface area (Å²) >= 11 is 0. The fraction of sp³-hybridized carbons (Fsp3) is 0.250. The number of halogens is 4. The predicted octanol–water partition coefficient (Wildman–Crippen LogP) is 2.74. The maximum absolute atomic E-state index is 12.8. The maximum Gasteiger partial charge on any atom is 0.416 e. The Balaban J connectivity index is 3.29. The van der Waals surface area contributed by atoms with Gasteiger partial charge in [0.25, 0.3) is 0 Å². The first kappa shape index (κ1) is 9.83. The van der Waals surface area contributed by atoms with Crippen molar-refractivity contribution >= 4 is 5.69 Å². The first-order chi connectivity index (χ1) is 5.82. The van der Waals surface area contributed by atoms with E-state index < -0.39 is 23.2 Å². The van der Waals surface area contributed by atoms with Gasteiger partial charge in [0, 0.05) is 0 Å². The highest BCUT2D eigenvalue weighted by Gasteiger charge is 2.31. The first-order valence-electron chi connectivity index (χ1n) is 3.45. The van der Waals surface area contributed by atoms with Gasteiger partial charge >= 0.3 is 6.18 Å². The first-order valence-corrected chi connectivity index (χ1v) is 3.45. The quantitative estimate of drug-likeness (QED) is 0.497. The van der Waals surface area contributed by atoms with Crippen LogP contribution in [0, 0.1) is 12.7 Å². The molecule has 0 spiro atoms. The van der Waals surface area contributed by atoms with Crippen LogP contribution in [0.25, 0.3) is 0 Å². The fourth-order valence-corrected chi connectivity index (χ4v) is 0.961. The van der Waals surface area contributed by atoms with Crippen LogP contribution in [0.1, 0.15) is 11.1 Å². The number of alkyl halides is 3. The average Bonchev–Trinajstić information content (AvgIpc) is 1.97. The van der Waals surface area contributed by atoms with Crippen molar-refractivity contribution in [1.29, 1.82) is 0 Å². The van der Waals surface area contributed by atoms with Crippen molar-refractivity contribution in [2.24, 2.45) is 0 Å². The van der Waals surface area contributed by atoms with E-state index in [1.165, 1.54) is 6.92 Å². The molecule has 0 aliphatic heterocycles. The number of hydrogen-bond donors (Lipinski definition) is 1. The smallest absolute Gasteiger partial charge is 0.396 e. The van der Waals surface area contributed by atoms with Gasteiger partial charge in [-0.1, -0.05) is 0 Å². The fourth-order valence-electron chi connectivity index (χ4n) is 0.961. The van der Waals surface area contributed by atoms with Crippen LogP contribution in [0.5, 0.6) is 0 Å². The van der Waals surface area contributed by atoms with Gasteiger partial charge in [-0.2, -0.15) is 13.2 Å². The Morgan fingerprint density at radius 2 is 1.77 bits per heavy atom. The molecule has 0 saturated carbocycles.